The first-order valence-corrected chi connectivity index (χ1v) is 7.42. The van der Waals surface area contributed by atoms with E-state index in [1.807, 2.05) is 32.9 Å². The molecule has 1 saturated heterocycles. The van der Waals surface area contributed by atoms with Gasteiger partial charge in [0.1, 0.15) is 11.4 Å². The molecule has 0 saturated carbocycles. The van der Waals surface area contributed by atoms with E-state index >= 15 is 0 Å². The zero-order valence-corrected chi connectivity index (χ0v) is 13.5. The zero-order valence-electron chi connectivity index (χ0n) is 13.5. The van der Waals surface area contributed by atoms with E-state index in [4.69, 9.17) is 4.74 Å². The summed E-state index contributed by atoms with van der Waals surface area (Å²) in [6, 6.07) is 3.91. The molecule has 2 rings (SSSR count). The van der Waals surface area contributed by atoms with Crippen LogP contribution >= 0.6 is 0 Å². The summed E-state index contributed by atoms with van der Waals surface area (Å²) >= 11 is 0. The molecule has 0 aliphatic carbocycles. The third kappa shape index (κ3) is 4.72. The predicted molar refractivity (Wildman–Crippen MR) is 84.0 cm³/mol. The smallest absolute Gasteiger partial charge is 0.407 e. The fourth-order valence-corrected chi connectivity index (χ4v) is 2.27. The van der Waals surface area contributed by atoms with Crippen LogP contribution in [-0.4, -0.2) is 41.6 Å². The van der Waals surface area contributed by atoms with Crippen molar-refractivity contribution in [3.05, 3.63) is 24.0 Å². The number of pyridine rings is 1. The van der Waals surface area contributed by atoms with Gasteiger partial charge in [-0.3, -0.25) is 9.78 Å². The minimum Gasteiger partial charge on any atom is -0.444 e. The van der Waals surface area contributed by atoms with Gasteiger partial charge in [0.15, 0.2) is 0 Å². The third-order valence-corrected chi connectivity index (χ3v) is 3.20. The average Bonchev–Trinajstić information content (AvgIpc) is 2.30. The molecule has 22 heavy (non-hydrogen) atoms. The molecule has 6 nitrogen and oxygen atoms in total. The SMILES string of the molecule is CC(=O)Cc1cc(N2CC(NC(=O)OC(C)(C)C)C2)ccn1. The molecule has 1 fully saturated rings. The fourth-order valence-electron chi connectivity index (χ4n) is 2.27. The molecule has 120 valence electrons. The third-order valence-electron chi connectivity index (χ3n) is 3.20. The van der Waals surface area contributed by atoms with Crippen LogP contribution in [0.15, 0.2) is 18.3 Å². The normalized spacial score (nSPS) is 15.2. The second kappa shape index (κ2) is 6.34. The monoisotopic (exact) mass is 305 g/mol. The summed E-state index contributed by atoms with van der Waals surface area (Å²) in [5.41, 5.74) is 1.31. The summed E-state index contributed by atoms with van der Waals surface area (Å²) in [5, 5.41) is 2.85. The van der Waals surface area contributed by atoms with Crippen LogP contribution < -0.4 is 10.2 Å². The second-order valence-corrected chi connectivity index (χ2v) is 6.63. The highest BCUT2D eigenvalue weighted by molar-refractivity contribution is 5.78. The van der Waals surface area contributed by atoms with Gasteiger partial charge in [-0.25, -0.2) is 4.79 Å². The Morgan fingerprint density at radius 1 is 1.41 bits per heavy atom. The highest BCUT2D eigenvalue weighted by atomic mass is 16.6. The molecule has 0 unspecified atom stereocenters. The standard InChI is InChI=1S/C16H23N3O3/c1-11(20)7-12-8-14(5-6-17-12)19-9-13(10-19)18-15(21)22-16(2,3)4/h5-6,8,13H,7,9-10H2,1-4H3,(H,18,21). The first kappa shape index (κ1) is 16.3. The second-order valence-electron chi connectivity index (χ2n) is 6.63. The number of rotatable bonds is 4. The van der Waals surface area contributed by atoms with Gasteiger partial charge in [0.25, 0.3) is 0 Å². The molecule has 0 aromatic carbocycles. The number of hydrogen-bond acceptors (Lipinski definition) is 5. The van der Waals surface area contributed by atoms with Crippen LogP contribution in [-0.2, 0) is 16.0 Å². The van der Waals surface area contributed by atoms with E-state index < -0.39 is 5.60 Å². The van der Waals surface area contributed by atoms with E-state index in [-0.39, 0.29) is 17.9 Å². The average molecular weight is 305 g/mol. The molecule has 1 amide bonds. The van der Waals surface area contributed by atoms with Gasteiger partial charge in [0.2, 0.25) is 0 Å². The van der Waals surface area contributed by atoms with Crippen molar-refractivity contribution in [2.24, 2.45) is 0 Å². The van der Waals surface area contributed by atoms with Gasteiger partial charge in [0.05, 0.1) is 6.04 Å². The van der Waals surface area contributed by atoms with Crippen molar-refractivity contribution in [3.8, 4) is 0 Å². The highest BCUT2D eigenvalue weighted by Crippen LogP contribution is 2.21. The van der Waals surface area contributed by atoms with Crippen molar-refractivity contribution < 1.29 is 14.3 Å². The lowest BCUT2D eigenvalue weighted by Crippen LogP contribution is -2.60. The van der Waals surface area contributed by atoms with Crippen molar-refractivity contribution in [3.63, 3.8) is 0 Å². The van der Waals surface area contributed by atoms with Crippen LogP contribution in [0.2, 0.25) is 0 Å². The van der Waals surface area contributed by atoms with Gasteiger partial charge in [-0.2, -0.15) is 0 Å². The Balaban J connectivity index is 1.84. The molecule has 6 heteroatoms. The predicted octanol–water partition coefficient (Wildman–Crippen LogP) is 1.93. The van der Waals surface area contributed by atoms with E-state index in [1.165, 1.54) is 0 Å². The lowest BCUT2D eigenvalue weighted by atomic mass is 10.1. The van der Waals surface area contributed by atoms with Crippen LogP contribution in [0.3, 0.4) is 0 Å². The van der Waals surface area contributed by atoms with Crippen LogP contribution in [0.1, 0.15) is 33.4 Å². The molecule has 0 atom stereocenters. The fraction of sp³-hybridized carbons (Fsp3) is 0.562. The number of alkyl carbamates (subject to hydrolysis) is 1. The minimum atomic E-state index is -0.486. The van der Waals surface area contributed by atoms with Gasteiger partial charge < -0.3 is 15.0 Å². The molecular formula is C16H23N3O3. The van der Waals surface area contributed by atoms with Crippen LogP contribution in [0.4, 0.5) is 10.5 Å². The quantitative estimate of drug-likeness (QED) is 0.920. The molecule has 0 spiro atoms. The van der Waals surface area contributed by atoms with E-state index in [1.54, 1.807) is 13.1 Å². The Hall–Kier alpha value is -2.11. The summed E-state index contributed by atoms with van der Waals surface area (Å²) in [5.74, 6) is 0.0951. The lowest BCUT2D eigenvalue weighted by Gasteiger charge is -2.41. The molecule has 1 aromatic rings. The maximum Gasteiger partial charge on any atom is 0.407 e. The van der Waals surface area contributed by atoms with Crippen molar-refractivity contribution in [1.29, 1.82) is 0 Å². The molecule has 1 aromatic heterocycles. The van der Waals surface area contributed by atoms with Gasteiger partial charge in [-0.05, 0) is 39.8 Å². The first-order valence-electron chi connectivity index (χ1n) is 7.42. The van der Waals surface area contributed by atoms with Crippen molar-refractivity contribution in [2.45, 2.75) is 45.8 Å². The number of carbonyl (C=O) groups excluding carboxylic acids is 2. The number of amides is 1. The van der Waals surface area contributed by atoms with Gasteiger partial charge >= 0.3 is 6.09 Å². The number of anilines is 1. The number of ketones is 1. The van der Waals surface area contributed by atoms with E-state index in [2.05, 4.69) is 15.2 Å². The number of nitrogens with one attached hydrogen (secondary N) is 1. The van der Waals surface area contributed by atoms with Crippen molar-refractivity contribution in [2.75, 3.05) is 18.0 Å². The Morgan fingerprint density at radius 3 is 2.68 bits per heavy atom. The highest BCUT2D eigenvalue weighted by Gasteiger charge is 2.30. The van der Waals surface area contributed by atoms with Crippen molar-refractivity contribution in [1.82, 2.24) is 10.3 Å². The van der Waals surface area contributed by atoms with Crippen molar-refractivity contribution >= 4 is 17.6 Å². The minimum absolute atomic E-state index is 0.0827. The molecule has 1 aliphatic rings. The number of Topliss-reactive ketones (excluding diaryl/α,β-unsaturated/α-hetero) is 1. The largest absolute Gasteiger partial charge is 0.444 e. The van der Waals surface area contributed by atoms with Crippen LogP contribution in [0.25, 0.3) is 0 Å². The maximum atomic E-state index is 11.7. The van der Waals surface area contributed by atoms with Crippen LogP contribution in [0.5, 0.6) is 0 Å². The molecule has 1 N–H and O–H groups in total. The number of aromatic nitrogens is 1. The number of hydrogen-bond donors (Lipinski definition) is 1. The summed E-state index contributed by atoms with van der Waals surface area (Å²) in [4.78, 5) is 29.2. The van der Waals surface area contributed by atoms with E-state index in [0.29, 0.717) is 6.42 Å². The zero-order chi connectivity index (χ0) is 16.3. The molecule has 0 bridgehead atoms. The summed E-state index contributed by atoms with van der Waals surface area (Å²) in [6.45, 7) is 8.53. The van der Waals surface area contributed by atoms with Gasteiger partial charge in [0, 0.05) is 37.1 Å². The molecule has 2 heterocycles. The van der Waals surface area contributed by atoms with Crippen LogP contribution in [0, 0.1) is 0 Å². The summed E-state index contributed by atoms with van der Waals surface area (Å²) in [7, 11) is 0. The number of nitrogens with zero attached hydrogens (tertiary/aromatic N) is 2. The van der Waals surface area contributed by atoms with Gasteiger partial charge in [-0.15, -0.1) is 0 Å². The number of carbonyl (C=O) groups is 2. The van der Waals surface area contributed by atoms with E-state index in [9.17, 15) is 9.59 Å². The molecular weight excluding hydrogens is 282 g/mol. The molecule has 1 aliphatic heterocycles. The number of ether oxygens (including phenoxy) is 1. The Kier molecular flexibility index (Phi) is 4.68. The lowest BCUT2D eigenvalue weighted by molar-refractivity contribution is -0.116. The maximum absolute atomic E-state index is 11.7. The molecule has 0 radical (unpaired) electrons. The first-order chi connectivity index (χ1) is 10.2. The Bertz CT molecular complexity index is 560. The Morgan fingerprint density at radius 2 is 2.09 bits per heavy atom. The topological polar surface area (TPSA) is 71.5 Å². The van der Waals surface area contributed by atoms with Gasteiger partial charge in [-0.1, -0.05) is 0 Å². The summed E-state index contributed by atoms with van der Waals surface area (Å²) < 4.78 is 5.23. The Labute approximate surface area is 130 Å². The summed E-state index contributed by atoms with van der Waals surface area (Å²) in [6.07, 6.45) is 1.67. The van der Waals surface area contributed by atoms with E-state index in [0.717, 1.165) is 24.5 Å².